The largest absolute Gasteiger partial charge is 0.470 e. The monoisotopic (exact) mass is 498 g/mol. The van der Waals surface area contributed by atoms with Crippen LogP contribution < -0.4 is 0 Å². The Morgan fingerprint density at radius 3 is 1.32 bits per heavy atom. The average Bonchev–Trinajstić information content (AvgIpc) is 2.40. The van der Waals surface area contributed by atoms with E-state index in [-0.39, 0.29) is 0 Å². The van der Waals surface area contributed by atoms with Crippen LogP contribution in [0.1, 0.15) is 0 Å². The van der Waals surface area contributed by atoms with Crippen LogP contribution in [0, 0.1) is 0 Å². The van der Waals surface area contributed by atoms with Gasteiger partial charge in [-0.2, -0.15) is 0 Å². The molecule has 21 heteroatoms. The van der Waals surface area contributed by atoms with Gasteiger partial charge in [-0.15, -0.1) is 0 Å². The summed E-state index contributed by atoms with van der Waals surface area (Å²) in [5, 5.41) is 29.8. The van der Waals surface area contributed by atoms with E-state index in [9.17, 15) is 38.5 Å². The predicted molar refractivity (Wildman–Crippen MR) is 83.5 cm³/mol. The van der Waals surface area contributed by atoms with E-state index in [1.165, 1.54) is 0 Å². The summed E-state index contributed by atoms with van der Waals surface area (Å²) in [5.74, 6) is -1.82. The normalized spacial score (nSPS) is 34.8. The van der Waals surface area contributed by atoms with Crippen molar-refractivity contribution in [3.8, 4) is 0 Å². The molecule has 1 unspecified atom stereocenters. The van der Waals surface area contributed by atoms with E-state index in [4.69, 9.17) is 29.4 Å². The molecule has 0 bridgehead atoms. The zero-order chi connectivity index (χ0) is 22.3. The highest BCUT2D eigenvalue weighted by Gasteiger charge is 2.56. The molecule has 1 aliphatic carbocycles. The summed E-state index contributed by atoms with van der Waals surface area (Å²) in [6.07, 6.45) is -15.0. The third-order valence-corrected chi connectivity index (χ3v) is 7.70. The molecule has 0 aliphatic heterocycles. The van der Waals surface area contributed by atoms with Gasteiger partial charge in [0.1, 0.15) is 36.6 Å². The fourth-order valence-corrected chi connectivity index (χ4v) is 6.19. The van der Waals surface area contributed by atoms with E-state index in [2.05, 4.69) is 13.6 Å². The van der Waals surface area contributed by atoms with Crippen molar-refractivity contribution in [1.29, 1.82) is 0 Å². The van der Waals surface area contributed by atoms with E-state index in [0.717, 1.165) is 0 Å². The molecule has 0 aromatic carbocycles. The van der Waals surface area contributed by atoms with Crippen LogP contribution in [0.2, 0.25) is 0 Å². The molecule has 0 aromatic rings. The van der Waals surface area contributed by atoms with Crippen molar-refractivity contribution in [2.75, 3.05) is 5.90 Å². The molecule has 1 saturated carbocycles. The first kappa shape index (κ1) is 26.4. The topological polar surface area (TPSA) is 298 Å². The first-order valence-electron chi connectivity index (χ1n) is 6.79. The Hall–Kier alpha value is 0.400. The molecule has 0 spiro atoms. The van der Waals surface area contributed by atoms with E-state index in [1.54, 1.807) is 0 Å². The van der Waals surface area contributed by atoms with E-state index < -0.39 is 73.4 Å². The van der Waals surface area contributed by atoms with Crippen molar-refractivity contribution in [2.24, 2.45) is 0 Å². The smallest absolute Gasteiger partial charge is 0.387 e. The fourth-order valence-electron chi connectivity index (χ4n) is 2.31. The lowest BCUT2D eigenvalue weighted by atomic mass is 9.85. The Kier molecular flexibility index (Phi) is 8.37. The minimum absolute atomic E-state index is 1.82. The summed E-state index contributed by atoms with van der Waals surface area (Å²) >= 11 is 0. The molecule has 0 aromatic heterocycles. The van der Waals surface area contributed by atoms with Crippen LogP contribution >= 0.6 is 30.8 Å². The van der Waals surface area contributed by atoms with Crippen LogP contribution in [0.15, 0.2) is 0 Å². The second-order valence-electron chi connectivity index (χ2n) is 5.61. The molecule has 0 radical (unpaired) electrons. The van der Waals surface area contributed by atoms with Crippen molar-refractivity contribution >= 4 is 30.8 Å². The summed E-state index contributed by atoms with van der Waals surface area (Å²) in [6, 6.07) is 0. The molecule has 28 heavy (non-hydrogen) atoms. The van der Waals surface area contributed by atoms with Gasteiger partial charge in [-0.1, -0.05) is 0 Å². The molecular formula is C7H18O17P4. The molecule has 1 rings (SSSR count). The third-order valence-electron chi connectivity index (χ3n) is 3.19. The van der Waals surface area contributed by atoms with Crippen LogP contribution in [0.5, 0.6) is 0 Å². The summed E-state index contributed by atoms with van der Waals surface area (Å²) in [6.45, 7) is 0. The maximum absolute atomic E-state index is 11.9. The highest BCUT2D eigenvalue weighted by molar-refractivity contribution is 7.70. The van der Waals surface area contributed by atoms with Crippen molar-refractivity contribution in [1.82, 2.24) is 0 Å². The van der Waals surface area contributed by atoms with Crippen LogP contribution in [-0.4, -0.2) is 92.1 Å². The number of hydrogen-bond acceptors (Lipinski definition) is 10. The second-order valence-corrected chi connectivity index (χ2v) is 11.9. The molecule has 17 nitrogen and oxygen atoms in total. The molecule has 10 N–H and O–H groups in total. The lowest BCUT2D eigenvalue weighted by molar-refractivity contribution is -0.210. The van der Waals surface area contributed by atoms with Gasteiger partial charge in [0, 0.05) is 0 Å². The van der Waals surface area contributed by atoms with Gasteiger partial charge in [0.15, 0.2) is 5.90 Å². The number of aliphatic hydroxyl groups is 3. The Labute approximate surface area is 155 Å². The molecule has 168 valence electrons. The maximum atomic E-state index is 11.9. The SMILES string of the molecule is O=P(O)(O)CP(=O)(O)O[C@H]1[C@@H](O)[C@H](OP(=O)(O)O)[C@H](O)[C@@H](O)[C@@H]1OP(=O)(O)O. The lowest BCUT2D eigenvalue weighted by Gasteiger charge is -2.44. The van der Waals surface area contributed by atoms with Gasteiger partial charge in [-0.3, -0.25) is 22.7 Å². The minimum Gasteiger partial charge on any atom is -0.387 e. The van der Waals surface area contributed by atoms with Crippen molar-refractivity contribution in [3.05, 3.63) is 0 Å². The fraction of sp³-hybridized carbons (Fsp3) is 1.00. The van der Waals surface area contributed by atoms with Crippen LogP contribution in [0.4, 0.5) is 0 Å². The van der Waals surface area contributed by atoms with E-state index in [1.807, 2.05) is 0 Å². The number of aliphatic hydroxyl groups excluding tert-OH is 3. The molecule has 1 aliphatic rings. The first-order chi connectivity index (χ1) is 12.2. The highest BCUT2D eigenvalue weighted by atomic mass is 31.2. The Bertz CT molecular complexity index is 734. The third kappa shape index (κ3) is 8.26. The zero-order valence-corrected chi connectivity index (χ0v) is 16.9. The van der Waals surface area contributed by atoms with Gasteiger partial charge in [0.05, 0.1) is 0 Å². The number of phosphoric ester groups is 2. The van der Waals surface area contributed by atoms with Gasteiger partial charge in [0.25, 0.3) is 0 Å². The Balaban J connectivity index is 3.31. The van der Waals surface area contributed by atoms with Gasteiger partial charge in [0.2, 0.25) is 0 Å². The lowest BCUT2D eigenvalue weighted by Crippen LogP contribution is -2.65. The van der Waals surface area contributed by atoms with Crippen molar-refractivity contribution < 1.29 is 81.4 Å². The number of phosphoric acid groups is 2. The average molecular weight is 498 g/mol. The summed E-state index contributed by atoms with van der Waals surface area (Å²) in [4.78, 5) is 62.4. The second kappa shape index (κ2) is 8.87. The predicted octanol–water partition coefficient (Wildman–Crippen LogP) is -3.26. The molecule has 7 atom stereocenters. The van der Waals surface area contributed by atoms with Gasteiger partial charge in [-0.25, -0.2) is 9.13 Å². The van der Waals surface area contributed by atoms with Crippen LogP contribution in [-0.2, 0) is 31.8 Å². The number of hydrogen-bond donors (Lipinski definition) is 10. The quantitative estimate of drug-likeness (QED) is 0.147. The van der Waals surface area contributed by atoms with E-state index >= 15 is 0 Å². The van der Waals surface area contributed by atoms with Gasteiger partial charge >= 0.3 is 30.8 Å². The summed E-state index contributed by atoms with van der Waals surface area (Å²) in [7, 11) is -21.5. The molecule has 0 heterocycles. The number of rotatable bonds is 8. The molecule has 0 amide bonds. The van der Waals surface area contributed by atoms with Crippen LogP contribution in [0.3, 0.4) is 0 Å². The highest BCUT2D eigenvalue weighted by Crippen LogP contribution is 2.58. The minimum atomic E-state index is -5.51. The first-order valence-corrected chi connectivity index (χ1v) is 13.4. The van der Waals surface area contributed by atoms with Crippen molar-refractivity contribution in [2.45, 2.75) is 36.6 Å². The standard InChI is InChI=1S/C7H18O17P4/c8-2-3(9)6(24-28(19,20)21)7(4(10)5(2)23-27(16,17)18)22-26(14,15)1-25(11,12)13/h2-10H,1H2,(H,14,15)(H2,11,12,13)(H2,16,17,18)(H2,19,20,21)/t2-,3-,4+,5-,6+,7+/m1/s1. The Morgan fingerprint density at radius 1 is 0.571 bits per heavy atom. The summed E-state index contributed by atoms with van der Waals surface area (Å²) in [5.41, 5.74) is 0. The van der Waals surface area contributed by atoms with Gasteiger partial charge < -0.3 is 49.6 Å². The maximum Gasteiger partial charge on any atom is 0.470 e. The van der Waals surface area contributed by atoms with Gasteiger partial charge in [-0.05, 0) is 0 Å². The summed E-state index contributed by atoms with van der Waals surface area (Å²) < 4.78 is 57.3. The van der Waals surface area contributed by atoms with Crippen LogP contribution in [0.25, 0.3) is 0 Å². The Morgan fingerprint density at radius 2 is 0.929 bits per heavy atom. The van der Waals surface area contributed by atoms with Crippen molar-refractivity contribution in [3.63, 3.8) is 0 Å². The molecular weight excluding hydrogens is 480 g/mol. The van der Waals surface area contributed by atoms with E-state index in [0.29, 0.717) is 0 Å². The molecule has 0 saturated heterocycles. The molecule has 1 fully saturated rings. The zero-order valence-electron chi connectivity index (χ0n) is 13.3.